The molecule has 1 aliphatic carbocycles. The van der Waals surface area contributed by atoms with Crippen LogP contribution in [0, 0.1) is 0 Å². The summed E-state index contributed by atoms with van der Waals surface area (Å²) in [7, 11) is 0. The molecule has 3 heteroatoms. The van der Waals surface area contributed by atoms with Crippen molar-refractivity contribution in [1.29, 1.82) is 0 Å². The smallest absolute Gasteiger partial charge is 0.0808 e. The van der Waals surface area contributed by atoms with Crippen LogP contribution in [0.25, 0.3) is 0 Å². The van der Waals surface area contributed by atoms with E-state index in [4.69, 9.17) is 0 Å². The topological polar surface area (TPSA) is 33.1 Å². The minimum atomic E-state index is -0.307. The van der Waals surface area contributed by atoms with E-state index in [1.165, 1.54) is 5.56 Å². The van der Waals surface area contributed by atoms with Crippen molar-refractivity contribution in [3.63, 3.8) is 0 Å². The summed E-state index contributed by atoms with van der Waals surface area (Å²) in [4.78, 5) is 4.04. The van der Waals surface area contributed by atoms with Gasteiger partial charge in [-0.2, -0.15) is 0 Å². The molecular weight excluding hydrogens is 218 g/mol. The maximum Gasteiger partial charge on any atom is 0.0808 e. The first-order valence-corrected chi connectivity index (χ1v) is 4.88. The van der Waals surface area contributed by atoms with Crippen molar-refractivity contribution in [2.75, 3.05) is 0 Å². The quantitative estimate of drug-likeness (QED) is 0.738. The third-order valence-electron chi connectivity index (χ3n) is 2.30. The molecule has 1 aromatic rings. The molecule has 1 aromatic heterocycles. The summed E-state index contributed by atoms with van der Waals surface area (Å²) in [5, 5.41) is 9.62. The molecule has 0 aliphatic heterocycles. The number of pyridine rings is 1. The maximum atomic E-state index is 9.62. The van der Waals surface area contributed by atoms with Crippen molar-refractivity contribution in [2.24, 2.45) is 0 Å². The van der Waals surface area contributed by atoms with Gasteiger partial charge in [-0.25, -0.2) is 0 Å². The zero-order valence-electron chi connectivity index (χ0n) is 6.63. The molecule has 0 fully saturated rings. The first kappa shape index (κ1) is 8.20. The molecular formula is C9H10BrNO. The van der Waals surface area contributed by atoms with Crippen LogP contribution in [-0.4, -0.2) is 10.1 Å². The van der Waals surface area contributed by atoms with E-state index in [2.05, 4.69) is 20.9 Å². The second-order valence-electron chi connectivity index (χ2n) is 3.10. The molecule has 64 valence electrons. The van der Waals surface area contributed by atoms with Crippen LogP contribution in [0.3, 0.4) is 0 Å². The van der Waals surface area contributed by atoms with Crippen molar-refractivity contribution < 1.29 is 5.11 Å². The second-order valence-corrected chi connectivity index (χ2v) is 3.95. The van der Waals surface area contributed by atoms with Gasteiger partial charge in [-0.05, 0) is 40.8 Å². The molecule has 0 aromatic carbocycles. The molecule has 0 saturated heterocycles. The summed E-state index contributed by atoms with van der Waals surface area (Å²) in [5.41, 5.74) is 2.22. The molecule has 0 amide bonds. The number of hydrogen-bond donors (Lipinski definition) is 1. The Balaban J connectivity index is 2.52. The Labute approximate surface area is 79.8 Å². The minimum absolute atomic E-state index is 0.307. The molecule has 1 N–H and O–H groups in total. The Morgan fingerprint density at radius 3 is 3.08 bits per heavy atom. The van der Waals surface area contributed by atoms with Gasteiger partial charge in [-0.15, -0.1) is 0 Å². The molecule has 1 atom stereocenters. The van der Waals surface area contributed by atoms with Crippen LogP contribution in [0.5, 0.6) is 0 Å². The van der Waals surface area contributed by atoms with Gasteiger partial charge in [0.2, 0.25) is 0 Å². The van der Waals surface area contributed by atoms with Crippen molar-refractivity contribution in [3.05, 3.63) is 28.0 Å². The van der Waals surface area contributed by atoms with Gasteiger partial charge in [0.1, 0.15) is 0 Å². The molecule has 2 rings (SSSR count). The fraction of sp³-hybridized carbons (Fsp3) is 0.444. The average molecular weight is 228 g/mol. The molecule has 12 heavy (non-hydrogen) atoms. The van der Waals surface area contributed by atoms with E-state index in [9.17, 15) is 5.11 Å². The van der Waals surface area contributed by atoms with E-state index in [1.807, 2.05) is 0 Å². The summed E-state index contributed by atoms with van der Waals surface area (Å²) in [5.74, 6) is 0. The zero-order chi connectivity index (χ0) is 8.55. The number of rotatable bonds is 0. The number of halogens is 1. The Morgan fingerprint density at radius 2 is 2.33 bits per heavy atom. The molecule has 0 unspecified atom stereocenters. The number of nitrogens with zero attached hydrogens (tertiary/aromatic N) is 1. The van der Waals surface area contributed by atoms with Crippen molar-refractivity contribution in [3.8, 4) is 0 Å². The number of aliphatic hydroxyl groups excluding tert-OH is 1. The summed E-state index contributed by atoms with van der Waals surface area (Å²) >= 11 is 3.44. The van der Waals surface area contributed by atoms with Gasteiger partial charge in [0.15, 0.2) is 0 Å². The van der Waals surface area contributed by atoms with Gasteiger partial charge in [0.05, 0.1) is 6.10 Å². The van der Waals surface area contributed by atoms with Gasteiger partial charge in [0, 0.05) is 22.4 Å². The van der Waals surface area contributed by atoms with Gasteiger partial charge in [0.25, 0.3) is 0 Å². The standard InChI is InChI=1S/C9H10BrNO/c10-8-5-11-4-7-6(8)2-1-3-9(7)12/h4-5,9,12H,1-3H2/t9-/m0/s1. The highest BCUT2D eigenvalue weighted by atomic mass is 79.9. The largest absolute Gasteiger partial charge is 0.388 e. The van der Waals surface area contributed by atoms with Crippen LogP contribution < -0.4 is 0 Å². The Morgan fingerprint density at radius 1 is 1.50 bits per heavy atom. The summed E-state index contributed by atoms with van der Waals surface area (Å²) < 4.78 is 1.03. The lowest BCUT2D eigenvalue weighted by atomic mass is 9.91. The summed E-state index contributed by atoms with van der Waals surface area (Å²) in [6.07, 6.45) is 6.23. The van der Waals surface area contributed by atoms with Crippen LogP contribution in [-0.2, 0) is 6.42 Å². The molecule has 2 nitrogen and oxygen atoms in total. The van der Waals surface area contributed by atoms with Gasteiger partial charge < -0.3 is 5.11 Å². The highest BCUT2D eigenvalue weighted by molar-refractivity contribution is 9.10. The van der Waals surface area contributed by atoms with Gasteiger partial charge in [-0.3, -0.25) is 4.98 Å². The number of aliphatic hydroxyl groups is 1. The van der Waals surface area contributed by atoms with Gasteiger partial charge >= 0.3 is 0 Å². The minimum Gasteiger partial charge on any atom is -0.388 e. The van der Waals surface area contributed by atoms with Crippen LogP contribution in [0.1, 0.15) is 30.1 Å². The van der Waals surface area contributed by atoms with E-state index in [0.29, 0.717) is 0 Å². The molecule has 1 aliphatic rings. The highest BCUT2D eigenvalue weighted by Crippen LogP contribution is 2.32. The average Bonchev–Trinajstić information content (AvgIpc) is 2.07. The van der Waals surface area contributed by atoms with Gasteiger partial charge in [-0.1, -0.05) is 0 Å². The first-order valence-electron chi connectivity index (χ1n) is 4.09. The summed E-state index contributed by atoms with van der Waals surface area (Å²) in [6.45, 7) is 0. The molecule has 0 bridgehead atoms. The molecule has 0 saturated carbocycles. The molecule has 0 radical (unpaired) electrons. The van der Waals surface area contributed by atoms with Crippen molar-refractivity contribution >= 4 is 15.9 Å². The Bertz CT molecular complexity index is 301. The van der Waals surface area contributed by atoms with Crippen molar-refractivity contribution in [2.45, 2.75) is 25.4 Å². The lowest BCUT2D eigenvalue weighted by molar-refractivity contribution is 0.156. The predicted octanol–water partition coefficient (Wildman–Crippen LogP) is 2.21. The number of aromatic nitrogens is 1. The monoisotopic (exact) mass is 227 g/mol. The Hall–Kier alpha value is -0.410. The predicted molar refractivity (Wildman–Crippen MR) is 49.8 cm³/mol. The maximum absolute atomic E-state index is 9.62. The highest BCUT2D eigenvalue weighted by Gasteiger charge is 2.19. The first-order chi connectivity index (χ1) is 5.79. The fourth-order valence-corrected chi connectivity index (χ4v) is 2.20. The lowest BCUT2D eigenvalue weighted by Crippen LogP contribution is -2.10. The van der Waals surface area contributed by atoms with Crippen LogP contribution in [0.2, 0.25) is 0 Å². The molecule has 0 spiro atoms. The van der Waals surface area contributed by atoms with E-state index >= 15 is 0 Å². The second kappa shape index (κ2) is 3.15. The van der Waals surface area contributed by atoms with Crippen LogP contribution in [0.15, 0.2) is 16.9 Å². The fourth-order valence-electron chi connectivity index (χ4n) is 1.66. The third kappa shape index (κ3) is 1.27. The zero-order valence-corrected chi connectivity index (χ0v) is 8.21. The van der Waals surface area contributed by atoms with E-state index in [-0.39, 0.29) is 6.10 Å². The lowest BCUT2D eigenvalue weighted by Gasteiger charge is -2.21. The third-order valence-corrected chi connectivity index (χ3v) is 2.98. The van der Waals surface area contributed by atoms with E-state index in [0.717, 1.165) is 29.3 Å². The van der Waals surface area contributed by atoms with Crippen molar-refractivity contribution in [1.82, 2.24) is 4.98 Å². The molecule has 1 heterocycles. The number of fused-ring (bicyclic) bond motifs is 1. The van der Waals surface area contributed by atoms with Crippen LogP contribution >= 0.6 is 15.9 Å². The van der Waals surface area contributed by atoms with Crippen LogP contribution in [0.4, 0.5) is 0 Å². The normalized spacial score (nSPS) is 22.0. The SMILES string of the molecule is O[C@H]1CCCc2c(Br)cncc21. The number of hydrogen-bond acceptors (Lipinski definition) is 2. The van der Waals surface area contributed by atoms with E-state index in [1.54, 1.807) is 12.4 Å². The summed E-state index contributed by atoms with van der Waals surface area (Å²) in [6, 6.07) is 0. The van der Waals surface area contributed by atoms with E-state index < -0.39 is 0 Å². The Kier molecular flexibility index (Phi) is 2.15.